The van der Waals surface area contributed by atoms with Gasteiger partial charge < -0.3 is 49.6 Å². The molecule has 0 bridgehead atoms. The van der Waals surface area contributed by atoms with E-state index in [1.807, 2.05) is 0 Å². The predicted molar refractivity (Wildman–Crippen MR) is 153 cm³/mol. The van der Waals surface area contributed by atoms with E-state index in [0.717, 1.165) is 51.4 Å². The second-order valence-corrected chi connectivity index (χ2v) is 15.5. The first-order valence-corrected chi connectivity index (χ1v) is 16.7. The Balaban J connectivity index is 1.07. The van der Waals surface area contributed by atoms with Gasteiger partial charge >= 0.3 is 0 Å². The fourth-order valence-corrected chi connectivity index (χ4v) is 11.1. The van der Waals surface area contributed by atoms with Gasteiger partial charge in [-0.3, -0.25) is 0 Å². The maximum absolute atomic E-state index is 12.6. The molecule has 3 saturated carbocycles. The Morgan fingerprint density at radius 3 is 2.44 bits per heavy atom. The molecule has 43 heavy (non-hydrogen) atoms. The van der Waals surface area contributed by atoms with E-state index in [1.165, 1.54) is 5.57 Å². The zero-order valence-corrected chi connectivity index (χ0v) is 25.8. The van der Waals surface area contributed by atoms with E-state index in [1.54, 1.807) is 0 Å². The highest BCUT2D eigenvalue weighted by molar-refractivity contribution is 5.29. The number of aliphatic hydroxyl groups is 6. The van der Waals surface area contributed by atoms with Gasteiger partial charge in [0, 0.05) is 30.3 Å². The van der Waals surface area contributed by atoms with Crippen molar-refractivity contribution in [1.82, 2.24) is 0 Å². The van der Waals surface area contributed by atoms with E-state index in [-0.39, 0.29) is 41.5 Å². The van der Waals surface area contributed by atoms with Gasteiger partial charge in [0.1, 0.15) is 30.0 Å². The van der Waals surface area contributed by atoms with Gasteiger partial charge in [0.2, 0.25) is 0 Å². The van der Waals surface area contributed by atoms with E-state index in [2.05, 4.69) is 26.8 Å². The van der Waals surface area contributed by atoms with Gasteiger partial charge in [0.25, 0.3) is 0 Å². The average Bonchev–Trinajstić information content (AvgIpc) is 3.36. The highest BCUT2D eigenvalue weighted by atomic mass is 16.7. The van der Waals surface area contributed by atoms with Crippen LogP contribution in [0.2, 0.25) is 0 Å². The van der Waals surface area contributed by atoms with Crippen LogP contribution >= 0.6 is 0 Å². The highest BCUT2D eigenvalue weighted by Gasteiger charge is 2.76. The third-order valence-corrected chi connectivity index (χ3v) is 13.9. The zero-order chi connectivity index (χ0) is 30.5. The predicted octanol–water partition coefficient (Wildman–Crippen LogP) is 1.63. The number of ether oxygens (including phenoxy) is 4. The molecule has 1 spiro atoms. The van der Waals surface area contributed by atoms with Crippen molar-refractivity contribution in [3.8, 4) is 0 Å². The molecule has 3 saturated heterocycles. The minimum absolute atomic E-state index is 0.0271. The summed E-state index contributed by atoms with van der Waals surface area (Å²) in [5, 5.41) is 62.6. The van der Waals surface area contributed by atoms with Crippen LogP contribution in [0.4, 0.5) is 0 Å². The summed E-state index contributed by atoms with van der Waals surface area (Å²) in [6.07, 6.45) is 3.45. The molecule has 16 atom stereocenters. The SMILES string of the molecule is C[C@@H]1[C@@]2(CC[C@@H](CO)CO2)O[C@H]2C[C@@H]3[C@@H]4CC=C5C[C@@H](O[C@@H]6O[C@H](CO)[C@H](O)[C@H](O)[C@H]6O)CC[C@]5(C)[C@H]4CC[C@]3(C)[C@]21O. The van der Waals surface area contributed by atoms with E-state index in [4.69, 9.17) is 18.9 Å². The molecule has 6 N–H and O–H groups in total. The van der Waals surface area contributed by atoms with Crippen molar-refractivity contribution in [2.24, 2.45) is 40.4 Å². The van der Waals surface area contributed by atoms with Crippen LogP contribution in [-0.2, 0) is 18.9 Å². The average molecular weight is 609 g/mol. The molecular weight excluding hydrogens is 556 g/mol. The lowest BCUT2D eigenvalue weighted by Gasteiger charge is -2.60. The van der Waals surface area contributed by atoms with Crippen molar-refractivity contribution in [3.63, 3.8) is 0 Å². The van der Waals surface area contributed by atoms with Crippen LogP contribution in [0.5, 0.6) is 0 Å². The molecular formula is C33H52O10. The van der Waals surface area contributed by atoms with Crippen LogP contribution in [0.25, 0.3) is 0 Å². The van der Waals surface area contributed by atoms with Crippen molar-refractivity contribution in [2.75, 3.05) is 19.8 Å². The summed E-state index contributed by atoms with van der Waals surface area (Å²) in [5.41, 5.74) is 0.201. The van der Waals surface area contributed by atoms with Gasteiger partial charge in [0.05, 0.1) is 25.4 Å². The van der Waals surface area contributed by atoms with Crippen LogP contribution in [0.3, 0.4) is 0 Å². The molecule has 0 unspecified atom stereocenters. The smallest absolute Gasteiger partial charge is 0.186 e. The van der Waals surface area contributed by atoms with Gasteiger partial charge in [0.15, 0.2) is 12.1 Å². The molecule has 0 amide bonds. The Kier molecular flexibility index (Phi) is 7.70. The molecule has 4 aliphatic carbocycles. The molecule has 244 valence electrons. The summed E-state index contributed by atoms with van der Waals surface area (Å²) >= 11 is 0. The summed E-state index contributed by atoms with van der Waals surface area (Å²) in [7, 11) is 0. The van der Waals surface area contributed by atoms with Crippen LogP contribution in [-0.4, -0.2) is 105 Å². The minimum Gasteiger partial charge on any atom is -0.396 e. The number of allylic oxidation sites excluding steroid dienone is 1. The fourth-order valence-electron chi connectivity index (χ4n) is 11.1. The van der Waals surface area contributed by atoms with Gasteiger partial charge in [-0.25, -0.2) is 0 Å². The normalized spacial score (nSPS) is 57.9. The van der Waals surface area contributed by atoms with Crippen molar-refractivity contribution in [1.29, 1.82) is 0 Å². The molecule has 7 rings (SSSR count). The highest BCUT2D eigenvalue weighted by Crippen LogP contribution is 2.72. The monoisotopic (exact) mass is 608 g/mol. The number of aliphatic hydroxyl groups excluding tert-OH is 5. The number of hydrogen-bond acceptors (Lipinski definition) is 10. The molecule has 10 nitrogen and oxygen atoms in total. The van der Waals surface area contributed by atoms with Gasteiger partial charge in [-0.05, 0) is 74.5 Å². The van der Waals surface area contributed by atoms with Crippen molar-refractivity contribution in [3.05, 3.63) is 11.6 Å². The first-order chi connectivity index (χ1) is 20.4. The van der Waals surface area contributed by atoms with E-state index >= 15 is 0 Å². The molecule has 3 heterocycles. The Morgan fingerprint density at radius 1 is 0.953 bits per heavy atom. The van der Waals surface area contributed by atoms with Crippen LogP contribution < -0.4 is 0 Å². The molecule has 6 fully saturated rings. The summed E-state index contributed by atoms with van der Waals surface area (Å²) in [4.78, 5) is 0. The largest absolute Gasteiger partial charge is 0.396 e. The molecule has 3 aliphatic heterocycles. The van der Waals surface area contributed by atoms with Gasteiger partial charge in [-0.2, -0.15) is 0 Å². The van der Waals surface area contributed by atoms with Crippen LogP contribution in [0, 0.1) is 40.4 Å². The Hall–Kier alpha value is -0.660. The molecule has 7 aliphatic rings. The van der Waals surface area contributed by atoms with E-state index < -0.39 is 48.7 Å². The molecule has 10 heteroatoms. The fraction of sp³-hybridized carbons (Fsp3) is 0.939. The lowest BCUT2D eigenvalue weighted by atomic mass is 9.46. The van der Waals surface area contributed by atoms with Crippen molar-refractivity contribution >= 4 is 0 Å². The second kappa shape index (κ2) is 10.7. The molecule has 0 aromatic heterocycles. The lowest BCUT2D eigenvalue weighted by molar-refractivity contribution is -0.313. The maximum Gasteiger partial charge on any atom is 0.186 e. The number of rotatable bonds is 4. The van der Waals surface area contributed by atoms with Crippen LogP contribution in [0.15, 0.2) is 11.6 Å². The first-order valence-electron chi connectivity index (χ1n) is 16.7. The third-order valence-electron chi connectivity index (χ3n) is 13.9. The van der Waals surface area contributed by atoms with E-state index in [0.29, 0.717) is 30.8 Å². The molecule has 0 aromatic carbocycles. The van der Waals surface area contributed by atoms with Crippen molar-refractivity contribution < 1.29 is 49.6 Å². The van der Waals surface area contributed by atoms with E-state index in [9.17, 15) is 30.6 Å². The summed E-state index contributed by atoms with van der Waals surface area (Å²) in [6.45, 7) is 6.94. The second-order valence-electron chi connectivity index (χ2n) is 15.5. The van der Waals surface area contributed by atoms with Gasteiger partial charge in [-0.15, -0.1) is 0 Å². The maximum atomic E-state index is 12.6. The number of hydrogen-bond donors (Lipinski definition) is 6. The zero-order valence-electron chi connectivity index (χ0n) is 25.8. The van der Waals surface area contributed by atoms with Gasteiger partial charge in [-0.1, -0.05) is 32.4 Å². The third kappa shape index (κ3) is 4.27. The summed E-state index contributed by atoms with van der Waals surface area (Å²) in [6, 6.07) is 0. The standard InChI is InChI=1S/C33H52O10/c1-17-32(11-6-18(14-34)16-40-32)43-25-13-23-21-5-4-19-12-20(41-29-28(38)27(37)26(36)24(15-35)42-29)7-9-30(19,2)22(21)8-10-31(23,3)33(17,25)39/h4,17-18,20-29,34-39H,5-16H2,1-3H3/t17-,18+,20+,21-,22+,23-,24-,25+,26+,27+,28-,29-,30+,31+,32-,33-/m1/s1. The molecule has 0 radical (unpaired) electrons. The quantitative estimate of drug-likeness (QED) is 0.259. The summed E-state index contributed by atoms with van der Waals surface area (Å²) < 4.78 is 24.9. The van der Waals surface area contributed by atoms with Crippen LogP contribution in [0.1, 0.15) is 78.6 Å². The minimum atomic E-state index is -1.44. The lowest BCUT2D eigenvalue weighted by Crippen LogP contribution is -2.60. The van der Waals surface area contributed by atoms with Crippen molar-refractivity contribution in [2.45, 2.75) is 133 Å². The topological polar surface area (TPSA) is 158 Å². The molecule has 0 aromatic rings. The summed E-state index contributed by atoms with van der Waals surface area (Å²) in [5.74, 6) is 0.548. The Morgan fingerprint density at radius 2 is 1.74 bits per heavy atom. The number of fused-ring (bicyclic) bond motifs is 7. The first kappa shape index (κ1) is 31.0. The Labute approximate surface area is 254 Å². The Bertz CT molecular complexity index is 1090.